The molecule has 0 spiro atoms. The molecule has 0 unspecified atom stereocenters. The standard InChI is InChI=1S/C7H11BrN2O4S3/c1-16(11,12)9-4-5-10-17(13,14)7-3-2-6(8)15-7/h2-3,9-10H,4-5H2,1H3. The molecule has 0 aliphatic rings. The summed E-state index contributed by atoms with van der Waals surface area (Å²) in [6.07, 6.45) is 1.01. The first kappa shape index (κ1) is 15.1. The molecule has 0 aromatic carbocycles. The van der Waals surface area contributed by atoms with E-state index in [9.17, 15) is 16.8 Å². The summed E-state index contributed by atoms with van der Waals surface area (Å²) in [6.45, 7) is 0.0233. The van der Waals surface area contributed by atoms with Gasteiger partial charge in [-0.25, -0.2) is 26.3 Å². The van der Waals surface area contributed by atoms with Gasteiger partial charge >= 0.3 is 0 Å². The van der Waals surface area contributed by atoms with Gasteiger partial charge in [-0.1, -0.05) is 0 Å². The Morgan fingerprint density at radius 1 is 1.18 bits per heavy atom. The fourth-order valence-corrected chi connectivity index (χ4v) is 4.49. The SMILES string of the molecule is CS(=O)(=O)NCCNS(=O)(=O)c1ccc(Br)s1. The second-order valence-electron chi connectivity index (χ2n) is 3.12. The van der Waals surface area contributed by atoms with E-state index in [1.165, 1.54) is 6.07 Å². The summed E-state index contributed by atoms with van der Waals surface area (Å²) in [4.78, 5) is 0. The molecule has 1 heterocycles. The Hall–Kier alpha value is -0.0000000000000000833. The number of thiophene rings is 1. The number of halogens is 1. The third-order valence-corrected chi connectivity index (χ3v) is 5.90. The molecule has 1 aromatic rings. The number of nitrogens with one attached hydrogen (secondary N) is 2. The molecule has 0 atom stereocenters. The van der Waals surface area contributed by atoms with Gasteiger partial charge in [-0.2, -0.15) is 0 Å². The monoisotopic (exact) mass is 362 g/mol. The quantitative estimate of drug-likeness (QED) is 0.713. The van der Waals surface area contributed by atoms with E-state index in [1.54, 1.807) is 6.07 Å². The van der Waals surface area contributed by atoms with Gasteiger partial charge < -0.3 is 0 Å². The highest BCUT2D eigenvalue weighted by atomic mass is 79.9. The average molecular weight is 363 g/mol. The minimum absolute atomic E-state index is 0.00488. The lowest BCUT2D eigenvalue weighted by Gasteiger charge is -2.04. The van der Waals surface area contributed by atoms with Crippen LogP contribution in [0.25, 0.3) is 0 Å². The highest BCUT2D eigenvalue weighted by Gasteiger charge is 2.15. The van der Waals surface area contributed by atoms with Crippen molar-refractivity contribution in [2.75, 3.05) is 19.3 Å². The van der Waals surface area contributed by atoms with Crippen LogP contribution in [0.1, 0.15) is 0 Å². The molecular formula is C7H11BrN2O4S3. The summed E-state index contributed by atoms with van der Waals surface area (Å²) < 4.78 is 50.2. The van der Waals surface area contributed by atoms with Gasteiger partial charge in [-0.05, 0) is 28.1 Å². The first-order chi connectivity index (χ1) is 7.71. The van der Waals surface area contributed by atoms with Gasteiger partial charge in [0.15, 0.2) is 0 Å². The summed E-state index contributed by atoms with van der Waals surface area (Å²) in [7, 11) is -6.85. The molecule has 1 rings (SSSR count). The van der Waals surface area contributed by atoms with Gasteiger partial charge in [-0.15, -0.1) is 11.3 Å². The fraction of sp³-hybridized carbons (Fsp3) is 0.429. The van der Waals surface area contributed by atoms with Crippen LogP contribution in [0.15, 0.2) is 20.1 Å². The fourth-order valence-electron chi connectivity index (χ4n) is 0.935. The first-order valence-corrected chi connectivity index (χ1v) is 9.39. The number of hydrogen-bond donors (Lipinski definition) is 2. The van der Waals surface area contributed by atoms with E-state index in [1.807, 2.05) is 0 Å². The van der Waals surface area contributed by atoms with E-state index < -0.39 is 20.0 Å². The lowest BCUT2D eigenvalue weighted by Crippen LogP contribution is -2.33. The summed E-state index contributed by atoms with van der Waals surface area (Å²) >= 11 is 4.25. The highest BCUT2D eigenvalue weighted by Crippen LogP contribution is 2.25. The van der Waals surface area contributed by atoms with Crippen molar-refractivity contribution >= 4 is 47.3 Å². The largest absolute Gasteiger partial charge is 0.250 e. The number of rotatable bonds is 6. The molecule has 10 heteroatoms. The third-order valence-electron chi connectivity index (χ3n) is 1.59. The van der Waals surface area contributed by atoms with E-state index in [4.69, 9.17) is 0 Å². The topological polar surface area (TPSA) is 92.3 Å². The van der Waals surface area contributed by atoms with Crippen LogP contribution < -0.4 is 9.44 Å². The molecule has 0 aliphatic heterocycles. The predicted octanol–water partition coefficient (Wildman–Crippen LogP) is 0.338. The normalized spacial score (nSPS) is 12.8. The molecular weight excluding hydrogens is 352 g/mol. The molecule has 0 saturated heterocycles. The Bertz CT molecular complexity index is 578. The minimum Gasteiger partial charge on any atom is -0.214 e. The zero-order chi connectivity index (χ0) is 13.1. The Morgan fingerprint density at radius 2 is 1.76 bits per heavy atom. The second-order valence-corrected chi connectivity index (χ2v) is 9.41. The molecule has 0 saturated carbocycles. The van der Waals surface area contributed by atoms with E-state index in [-0.39, 0.29) is 17.3 Å². The van der Waals surface area contributed by atoms with Crippen LogP contribution in [-0.4, -0.2) is 36.2 Å². The van der Waals surface area contributed by atoms with Crippen molar-refractivity contribution < 1.29 is 16.8 Å². The van der Waals surface area contributed by atoms with E-state index >= 15 is 0 Å². The van der Waals surface area contributed by atoms with Gasteiger partial charge in [0.2, 0.25) is 20.0 Å². The minimum atomic E-state index is -3.55. The lowest BCUT2D eigenvalue weighted by molar-refractivity contribution is 0.574. The maximum Gasteiger partial charge on any atom is 0.250 e. The van der Waals surface area contributed by atoms with E-state index in [0.29, 0.717) is 3.79 Å². The van der Waals surface area contributed by atoms with Crippen LogP contribution >= 0.6 is 27.3 Å². The molecule has 0 aliphatic carbocycles. The summed E-state index contributed by atoms with van der Waals surface area (Å²) in [5, 5.41) is 0. The zero-order valence-electron chi connectivity index (χ0n) is 8.80. The van der Waals surface area contributed by atoms with Gasteiger partial charge in [-0.3, -0.25) is 0 Å². The van der Waals surface area contributed by atoms with Crippen LogP contribution in [0.5, 0.6) is 0 Å². The Morgan fingerprint density at radius 3 is 2.24 bits per heavy atom. The molecule has 2 N–H and O–H groups in total. The molecule has 0 bridgehead atoms. The van der Waals surface area contributed by atoms with Gasteiger partial charge in [0.1, 0.15) is 4.21 Å². The number of sulfonamides is 2. The van der Waals surface area contributed by atoms with Crippen LogP contribution in [0.4, 0.5) is 0 Å². The smallest absolute Gasteiger partial charge is 0.214 e. The third kappa shape index (κ3) is 5.44. The highest BCUT2D eigenvalue weighted by molar-refractivity contribution is 9.11. The van der Waals surface area contributed by atoms with Crippen LogP contribution in [0.3, 0.4) is 0 Å². The molecule has 98 valence electrons. The Kier molecular flexibility index (Phi) is 5.10. The average Bonchev–Trinajstić information content (AvgIpc) is 2.59. The maximum absolute atomic E-state index is 11.7. The first-order valence-electron chi connectivity index (χ1n) is 4.40. The van der Waals surface area contributed by atoms with Gasteiger partial charge in [0, 0.05) is 13.1 Å². The Balaban J connectivity index is 2.52. The van der Waals surface area contributed by atoms with Gasteiger partial charge in [0.05, 0.1) is 10.0 Å². The Labute approximate surface area is 113 Å². The molecule has 6 nitrogen and oxygen atoms in total. The van der Waals surface area contributed by atoms with Crippen LogP contribution in [-0.2, 0) is 20.0 Å². The lowest BCUT2D eigenvalue weighted by atomic mass is 10.7. The van der Waals surface area contributed by atoms with E-state index in [2.05, 4.69) is 25.4 Å². The second kappa shape index (κ2) is 5.76. The van der Waals surface area contributed by atoms with Crippen molar-refractivity contribution in [2.24, 2.45) is 0 Å². The maximum atomic E-state index is 11.7. The molecule has 17 heavy (non-hydrogen) atoms. The van der Waals surface area contributed by atoms with Crippen LogP contribution in [0.2, 0.25) is 0 Å². The molecule has 0 amide bonds. The van der Waals surface area contributed by atoms with Crippen molar-refractivity contribution in [1.29, 1.82) is 0 Å². The zero-order valence-corrected chi connectivity index (χ0v) is 12.8. The van der Waals surface area contributed by atoms with Gasteiger partial charge in [0.25, 0.3) is 0 Å². The molecule has 0 fully saturated rings. The molecule has 1 aromatic heterocycles. The summed E-state index contributed by atoms with van der Waals surface area (Å²) in [5.74, 6) is 0. The van der Waals surface area contributed by atoms with Crippen LogP contribution in [0, 0.1) is 0 Å². The van der Waals surface area contributed by atoms with Crippen molar-refractivity contribution in [3.8, 4) is 0 Å². The van der Waals surface area contributed by atoms with Crippen molar-refractivity contribution in [2.45, 2.75) is 4.21 Å². The van der Waals surface area contributed by atoms with Crippen molar-refractivity contribution in [3.63, 3.8) is 0 Å². The number of hydrogen-bond acceptors (Lipinski definition) is 5. The van der Waals surface area contributed by atoms with Crippen molar-refractivity contribution in [1.82, 2.24) is 9.44 Å². The molecule has 0 radical (unpaired) electrons. The summed E-state index contributed by atoms with van der Waals surface area (Å²) in [5.41, 5.74) is 0. The van der Waals surface area contributed by atoms with E-state index in [0.717, 1.165) is 17.6 Å². The predicted molar refractivity (Wildman–Crippen MR) is 70.1 cm³/mol. The van der Waals surface area contributed by atoms with Crippen molar-refractivity contribution in [3.05, 3.63) is 15.9 Å². The summed E-state index contributed by atoms with van der Waals surface area (Å²) in [6, 6.07) is 3.11.